The first-order chi connectivity index (χ1) is 13.0. The molecule has 0 fully saturated rings. The fraction of sp³-hybridized carbons (Fsp3) is 0.136. The van der Waals surface area contributed by atoms with Crippen molar-refractivity contribution in [3.63, 3.8) is 0 Å². The van der Waals surface area contributed by atoms with Crippen LogP contribution in [0, 0.1) is 32.1 Å². The first-order valence-corrected chi connectivity index (χ1v) is 8.61. The molecule has 3 rings (SSSR count). The Morgan fingerprint density at radius 3 is 2.30 bits per heavy atom. The predicted octanol–water partition coefficient (Wildman–Crippen LogP) is 5.40. The molecule has 27 heavy (non-hydrogen) atoms. The number of aromatic nitrogens is 2. The molecule has 134 valence electrons. The number of anilines is 4. The Hall–Kier alpha value is -3.65. The number of aryl methyl sites for hydroxylation is 3. The molecule has 0 saturated heterocycles. The van der Waals surface area contributed by atoms with Crippen LogP contribution >= 0.6 is 0 Å². The lowest BCUT2D eigenvalue weighted by atomic mass is 10.0. The average molecular weight is 355 g/mol. The second-order valence-corrected chi connectivity index (χ2v) is 6.41. The van der Waals surface area contributed by atoms with Gasteiger partial charge in [-0.15, -0.1) is 0 Å². The minimum Gasteiger partial charge on any atom is -0.339 e. The maximum absolute atomic E-state index is 8.90. The summed E-state index contributed by atoms with van der Waals surface area (Å²) in [5.41, 5.74) is 6.81. The summed E-state index contributed by atoms with van der Waals surface area (Å²) in [5, 5.41) is 15.5. The Morgan fingerprint density at radius 2 is 1.70 bits per heavy atom. The molecule has 2 N–H and O–H groups in total. The molecule has 0 aliphatic carbocycles. The van der Waals surface area contributed by atoms with Gasteiger partial charge in [-0.3, -0.25) is 0 Å². The summed E-state index contributed by atoms with van der Waals surface area (Å²) in [4.78, 5) is 8.96. The van der Waals surface area contributed by atoms with Crippen LogP contribution in [-0.4, -0.2) is 9.97 Å². The van der Waals surface area contributed by atoms with Crippen LogP contribution in [-0.2, 0) is 0 Å². The molecule has 2 aromatic carbocycles. The van der Waals surface area contributed by atoms with E-state index in [0.717, 1.165) is 28.1 Å². The van der Waals surface area contributed by atoms with Crippen molar-refractivity contribution >= 4 is 29.2 Å². The summed E-state index contributed by atoms with van der Waals surface area (Å²) >= 11 is 0. The fourth-order valence-electron chi connectivity index (χ4n) is 2.95. The van der Waals surface area contributed by atoms with E-state index in [1.807, 2.05) is 12.1 Å². The van der Waals surface area contributed by atoms with Gasteiger partial charge in [-0.1, -0.05) is 30.4 Å². The lowest BCUT2D eigenvalue weighted by molar-refractivity contribution is 1.15. The van der Waals surface area contributed by atoms with E-state index in [9.17, 15) is 0 Å². The van der Waals surface area contributed by atoms with Crippen LogP contribution in [0.15, 0.2) is 49.2 Å². The molecule has 0 bridgehead atoms. The highest BCUT2D eigenvalue weighted by Gasteiger charge is 2.10. The van der Waals surface area contributed by atoms with Gasteiger partial charge in [-0.2, -0.15) is 10.2 Å². The summed E-state index contributed by atoms with van der Waals surface area (Å²) in [6.45, 7) is 10.1. The standard InChI is InChI=1S/C22H21N5/c1-5-18-13-24-22(25-19-8-6-17(12-23)7-9-19)27-21(18)26-20-15(3)10-14(2)11-16(20)4/h5-11,13H,1H2,2-4H3,(H2,24,25,26,27). The van der Waals surface area contributed by atoms with Gasteiger partial charge in [0, 0.05) is 23.1 Å². The predicted molar refractivity (Wildman–Crippen MR) is 110 cm³/mol. The van der Waals surface area contributed by atoms with E-state index >= 15 is 0 Å². The van der Waals surface area contributed by atoms with Crippen molar-refractivity contribution in [1.82, 2.24) is 9.97 Å². The van der Waals surface area contributed by atoms with Gasteiger partial charge in [0.25, 0.3) is 0 Å². The second-order valence-electron chi connectivity index (χ2n) is 6.41. The number of nitrogens with zero attached hydrogens (tertiary/aromatic N) is 3. The van der Waals surface area contributed by atoms with Gasteiger partial charge in [0.05, 0.1) is 11.6 Å². The molecule has 0 atom stereocenters. The number of nitrogens with one attached hydrogen (secondary N) is 2. The van der Waals surface area contributed by atoms with Crippen molar-refractivity contribution in [2.75, 3.05) is 10.6 Å². The molecule has 1 heterocycles. The molecule has 0 spiro atoms. The van der Waals surface area contributed by atoms with E-state index in [4.69, 9.17) is 5.26 Å². The van der Waals surface area contributed by atoms with Crippen LogP contribution in [0.1, 0.15) is 27.8 Å². The number of nitriles is 1. The molecule has 0 amide bonds. The maximum atomic E-state index is 8.90. The summed E-state index contributed by atoms with van der Waals surface area (Å²) < 4.78 is 0. The summed E-state index contributed by atoms with van der Waals surface area (Å²) in [7, 11) is 0. The first-order valence-electron chi connectivity index (χ1n) is 8.61. The van der Waals surface area contributed by atoms with Gasteiger partial charge in [0.15, 0.2) is 0 Å². The SMILES string of the molecule is C=Cc1cnc(Nc2ccc(C#N)cc2)nc1Nc1c(C)cc(C)cc1C. The number of hydrogen-bond acceptors (Lipinski definition) is 5. The smallest absolute Gasteiger partial charge is 0.229 e. The van der Waals surface area contributed by atoms with Crippen molar-refractivity contribution in [3.8, 4) is 6.07 Å². The van der Waals surface area contributed by atoms with E-state index in [1.165, 1.54) is 5.56 Å². The van der Waals surface area contributed by atoms with Crippen LogP contribution in [0.5, 0.6) is 0 Å². The van der Waals surface area contributed by atoms with Crippen molar-refractivity contribution in [3.05, 3.63) is 77.0 Å². The molecular weight excluding hydrogens is 334 g/mol. The number of hydrogen-bond donors (Lipinski definition) is 2. The molecule has 0 radical (unpaired) electrons. The Bertz CT molecular complexity index is 1010. The molecular formula is C22H21N5. The van der Waals surface area contributed by atoms with Crippen molar-refractivity contribution in [1.29, 1.82) is 5.26 Å². The van der Waals surface area contributed by atoms with Gasteiger partial charge in [0.1, 0.15) is 5.82 Å². The Kier molecular flexibility index (Phi) is 5.18. The lowest BCUT2D eigenvalue weighted by Gasteiger charge is -2.16. The summed E-state index contributed by atoms with van der Waals surface area (Å²) in [6.07, 6.45) is 3.46. The van der Waals surface area contributed by atoms with Crippen LogP contribution in [0.4, 0.5) is 23.1 Å². The molecule has 0 saturated carbocycles. The van der Waals surface area contributed by atoms with Crippen LogP contribution in [0.25, 0.3) is 6.08 Å². The zero-order valence-electron chi connectivity index (χ0n) is 15.7. The molecule has 3 aromatic rings. The first kappa shape index (κ1) is 18.2. The van der Waals surface area contributed by atoms with Gasteiger partial charge in [0.2, 0.25) is 5.95 Å². The highest BCUT2D eigenvalue weighted by Crippen LogP contribution is 2.28. The minimum absolute atomic E-state index is 0.468. The maximum Gasteiger partial charge on any atom is 0.229 e. The number of rotatable bonds is 5. The second kappa shape index (κ2) is 7.71. The van der Waals surface area contributed by atoms with Crippen molar-refractivity contribution in [2.45, 2.75) is 20.8 Å². The molecule has 0 unspecified atom stereocenters. The monoisotopic (exact) mass is 355 g/mol. The van der Waals surface area contributed by atoms with E-state index in [1.54, 1.807) is 24.4 Å². The van der Waals surface area contributed by atoms with Crippen LogP contribution in [0.2, 0.25) is 0 Å². The Labute approximate surface area is 159 Å². The average Bonchev–Trinajstić information content (AvgIpc) is 2.65. The zero-order chi connectivity index (χ0) is 19.4. The largest absolute Gasteiger partial charge is 0.339 e. The van der Waals surface area contributed by atoms with Gasteiger partial charge in [-0.05, 0) is 56.2 Å². The molecule has 0 aliphatic heterocycles. The Morgan fingerprint density at radius 1 is 1.04 bits per heavy atom. The fourth-order valence-corrected chi connectivity index (χ4v) is 2.95. The van der Waals surface area contributed by atoms with Gasteiger partial charge in [-0.25, -0.2) is 4.98 Å². The van der Waals surface area contributed by atoms with E-state index in [0.29, 0.717) is 17.3 Å². The third-order valence-corrected chi connectivity index (χ3v) is 4.23. The van der Waals surface area contributed by atoms with Crippen LogP contribution in [0.3, 0.4) is 0 Å². The van der Waals surface area contributed by atoms with Crippen molar-refractivity contribution in [2.24, 2.45) is 0 Å². The number of benzene rings is 2. The summed E-state index contributed by atoms with van der Waals surface area (Å²) in [5.74, 6) is 1.15. The van der Waals surface area contributed by atoms with Crippen LogP contribution < -0.4 is 10.6 Å². The quantitative estimate of drug-likeness (QED) is 0.641. The van der Waals surface area contributed by atoms with E-state index < -0.39 is 0 Å². The molecule has 5 heteroatoms. The lowest BCUT2D eigenvalue weighted by Crippen LogP contribution is -2.05. The molecule has 1 aromatic heterocycles. The van der Waals surface area contributed by atoms with Gasteiger partial charge >= 0.3 is 0 Å². The third-order valence-electron chi connectivity index (χ3n) is 4.23. The van der Waals surface area contributed by atoms with Gasteiger partial charge < -0.3 is 10.6 Å². The topological polar surface area (TPSA) is 73.6 Å². The molecule has 5 nitrogen and oxygen atoms in total. The summed E-state index contributed by atoms with van der Waals surface area (Å²) in [6, 6.07) is 13.5. The minimum atomic E-state index is 0.468. The van der Waals surface area contributed by atoms with Crippen molar-refractivity contribution < 1.29 is 0 Å². The third kappa shape index (κ3) is 4.13. The Balaban J connectivity index is 1.92. The highest BCUT2D eigenvalue weighted by molar-refractivity contribution is 5.72. The van der Waals surface area contributed by atoms with E-state index in [2.05, 4.69) is 66.2 Å². The zero-order valence-corrected chi connectivity index (χ0v) is 15.7. The normalized spacial score (nSPS) is 10.1. The molecule has 0 aliphatic rings. The van der Waals surface area contributed by atoms with E-state index in [-0.39, 0.29) is 0 Å². The highest BCUT2D eigenvalue weighted by atomic mass is 15.1.